The standard InChI is InChI=1S/C23H34N4O4S/c1-23(2,3)31-22(30)27-16-32-15-19(27)21(29)24-13-20(28)25-18-9-11-26(12-10-18)14-17-7-5-4-6-8-17/h4-8,18-19H,9-16H2,1-3H3,(H,24,29)(H,25,28). The van der Waals surface area contributed by atoms with Crippen molar-refractivity contribution >= 4 is 29.7 Å². The van der Waals surface area contributed by atoms with E-state index in [1.165, 1.54) is 22.2 Å². The Morgan fingerprint density at radius 2 is 1.81 bits per heavy atom. The van der Waals surface area contributed by atoms with Gasteiger partial charge in [-0.2, -0.15) is 0 Å². The quantitative estimate of drug-likeness (QED) is 0.674. The van der Waals surface area contributed by atoms with Crippen molar-refractivity contribution in [3.63, 3.8) is 0 Å². The Morgan fingerprint density at radius 1 is 1.12 bits per heavy atom. The van der Waals surface area contributed by atoms with E-state index in [1.54, 1.807) is 20.8 Å². The molecule has 8 nitrogen and oxygen atoms in total. The SMILES string of the molecule is CC(C)(C)OC(=O)N1CSCC1C(=O)NCC(=O)NC1CCN(Cc2ccccc2)CC1. The van der Waals surface area contributed by atoms with Crippen molar-refractivity contribution in [2.45, 2.75) is 57.8 Å². The number of piperidine rings is 1. The van der Waals surface area contributed by atoms with Crippen LogP contribution >= 0.6 is 11.8 Å². The van der Waals surface area contributed by atoms with Crippen LogP contribution in [0.5, 0.6) is 0 Å². The summed E-state index contributed by atoms with van der Waals surface area (Å²) in [6.07, 6.45) is 1.27. The van der Waals surface area contributed by atoms with Gasteiger partial charge in [0.25, 0.3) is 0 Å². The molecule has 0 bridgehead atoms. The van der Waals surface area contributed by atoms with E-state index in [0.29, 0.717) is 11.6 Å². The summed E-state index contributed by atoms with van der Waals surface area (Å²) < 4.78 is 5.38. The number of ether oxygens (including phenoxy) is 1. The second-order valence-electron chi connectivity index (χ2n) is 9.29. The highest BCUT2D eigenvalue weighted by Gasteiger charge is 2.37. The van der Waals surface area contributed by atoms with E-state index in [0.717, 1.165) is 32.5 Å². The predicted molar refractivity (Wildman–Crippen MR) is 125 cm³/mol. The molecule has 3 rings (SSSR count). The maximum atomic E-state index is 12.6. The van der Waals surface area contributed by atoms with Crippen LogP contribution in [0.15, 0.2) is 30.3 Å². The lowest BCUT2D eigenvalue weighted by atomic mass is 10.0. The molecule has 2 aliphatic rings. The minimum Gasteiger partial charge on any atom is -0.444 e. The lowest BCUT2D eigenvalue weighted by molar-refractivity contribution is -0.128. The van der Waals surface area contributed by atoms with Crippen LogP contribution in [0.3, 0.4) is 0 Å². The summed E-state index contributed by atoms with van der Waals surface area (Å²) in [5.74, 6) is 0.371. The average molecular weight is 463 g/mol. The third-order valence-corrected chi connectivity index (χ3v) is 6.45. The second-order valence-corrected chi connectivity index (χ2v) is 10.3. The third kappa shape index (κ3) is 7.41. The highest BCUT2D eigenvalue weighted by atomic mass is 32.2. The van der Waals surface area contributed by atoms with Crippen molar-refractivity contribution in [1.29, 1.82) is 0 Å². The summed E-state index contributed by atoms with van der Waals surface area (Å²) in [6, 6.07) is 9.87. The van der Waals surface area contributed by atoms with Crippen LogP contribution in [0.25, 0.3) is 0 Å². The van der Waals surface area contributed by atoms with Crippen molar-refractivity contribution in [2.24, 2.45) is 0 Å². The van der Waals surface area contributed by atoms with Crippen LogP contribution < -0.4 is 10.6 Å². The molecule has 176 valence electrons. The van der Waals surface area contributed by atoms with Gasteiger partial charge in [0.05, 0.1) is 12.4 Å². The van der Waals surface area contributed by atoms with Gasteiger partial charge in [-0.1, -0.05) is 30.3 Å². The van der Waals surface area contributed by atoms with Crippen molar-refractivity contribution in [1.82, 2.24) is 20.4 Å². The monoisotopic (exact) mass is 462 g/mol. The first-order valence-electron chi connectivity index (χ1n) is 11.1. The van der Waals surface area contributed by atoms with E-state index in [2.05, 4.69) is 27.7 Å². The molecule has 0 aliphatic carbocycles. The normalized spacial score (nSPS) is 20.1. The zero-order valence-corrected chi connectivity index (χ0v) is 20.0. The molecule has 2 N–H and O–H groups in total. The lowest BCUT2D eigenvalue weighted by Crippen LogP contribution is -2.51. The van der Waals surface area contributed by atoms with Crippen LogP contribution in [-0.4, -0.2) is 76.7 Å². The lowest BCUT2D eigenvalue weighted by Gasteiger charge is -2.32. The zero-order valence-electron chi connectivity index (χ0n) is 19.1. The maximum Gasteiger partial charge on any atom is 0.411 e. The molecule has 3 amide bonds. The van der Waals surface area contributed by atoms with Crippen LogP contribution in [0.4, 0.5) is 4.79 Å². The largest absolute Gasteiger partial charge is 0.444 e. The Bertz CT molecular complexity index is 791. The maximum absolute atomic E-state index is 12.6. The Hall–Kier alpha value is -2.26. The van der Waals surface area contributed by atoms with E-state index in [1.807, 2.05) is 18.2 Å². The van der Waals surface area contributed by atoms with Gasteiger partial charge in [0, 0.05) is 31.4 Å². The van der Waals surface area contributed by atoms with Crippen molar-refractivity contribution in [3.8, 4) is 0 Å². The summed E-state index contributed by atoms with van der Waals surface area (Å²) in [4.78, 5) is 41.1. The number of amides is 3. The number of nitrogens with zero attached hydrogens (tertiary/aromatic N) is 2. The minimum absolute atomic E-state index is 0.0909. The zero-order chi connectivity index (χ0) is 23.1. The fourth-order valence-corrected chi connectivity index (χ4v) is 4.94. The van der Waals surface area contributed by atoms with Crippen LogP contribution in [0, 0.1) is 0 Å². The Labute approximate surface area is 194 Å². The molecule has 2 saturated heterocycles. The van der Waals surface area contributed by atoms with Gasteiger partial charge in [-0.25, -0.2) is 4.79 Å². The third-order valence-electron chi connectivity index (χ3n) is 5.44. The summed E-state index contributed by atoms with van der Waals surface area (Å²) in [6.45, 7) is 8.06. The second kappa shape index (κ2) is 11.0. The van der Waals surface area contributed by atoms with E-state index < -0.39 is 17.7 Å². The van der Waals surface area contributed by atoms with Gasteiger partial charge in [-0.3, -0.25) is 19.4 Å². The van der Waals surface area contributed by atoms with Crippen molar-refractivity contribution < 1.29 is 19.1 Å². The topological polar surface area (TPSA) is 91.0 Å². The number of carbonyl (C=O) groups excluding carboxylic acids is 3. The molecule has 2 fully saturated rings. The van der Waals surface area contributed by atoms with Gasteiger partial charge in [0.2, 0.25) is 11.8 Å². The molecule has 1 aromatic carbocycles. The van der Waals surface area contributed by atoms with Crippen LogP contribution in [-0.2, 0) is 20.9 Å². The van der Waals surface area contributed by atoms with E-state index >= 15 is 0 Å². The molecule has 1 aromatic rings. The molecule has 32 heavy (non-hydrogen) atoms. The number of rotatable bonds is 6. The van der Waals surface area contributed by atoms with Crippen LogP contribution in [0.1, 0.15) is 39.2 Å². The predicted octanol–water partition coefficient (Wildman–Crippen LogP) is 2.19. The number of hydrogen-bond donors (Lipinski definition) is 2. The fraction of sp³-hybridized carbons (Fsp3) is 0.609. The average Bonchev–Trinajstić information content (AvgIpc) is 3.23. The molecule has 0 spiro atoms. The number of thioether (sulfide) groups is 1. The summed E-state index contributed by atoms with van der Waals surface area (Å²) >= 11 is 1.50. The fourth-order valence-electron chi connectivity index (χ4n) is 3.80. The number of carbonyl (C=O) groups is 3. The Balaban J connectivity index is 1.37. The summed E-state index contributed by atoms with van der Waals surface area (Å²) in [7, 11) is 0. The first-order valence-corrected chi connectivity index (χ1v) is 12.3. The van der Waals surface area contributed by atoms with Gasteiger partial charge >= 0.3 is 6.09 Å². The summed E-state index contributed by atoms with van der Waals surface area (Å²) in [5.41, 5.74) is 0.672. The molecule has 2 aliphatic heterocycles. The van der Waals surface area contributed by atoms with Gasteiger partial charge in [0.15, 0.2) is 0 Å². The Morgan fingerprint density at radius 3 is 2.47 bits per heavy atom. The number of likely N-dealkylation sites (tertiary alicyclic amines) is 1. The van der Waals surface area contributed by atoms with Gasteiger partial charge < -0.3 is 15.4 Å². The van der Waals surface area contributed by atoms with Gasteiger partial charge in [0.1, 0.15) is 11.6 Å². The van der Waals surface area contributed by atoms with E-state index in [9.17, 15) is 14.4 Å². The molecular weight excluding hydrogens is 428 g/mol. The molecule has 0 aromatic heterocycles. The molecule has 0 saturated carbocycles. The van der Waals surface area contributed by atoms with Crippen molar-refractivity contribution in [3.05, 3.63) is 35.9 Å². The highest BCUT2D eigenvalue weighted by molar-refractivity contribution is 7.99. The first kappa shape index (κ1) is 24.4. The number of hydrogen-bond acceptors (Lipinski definition) is 6. The van der Waals surface area contributed by atoms with Crippen LogP contribution in [0.2, 0.25) is 0 Å². The molecule has 0 radical (unpaired) electrons. The first-order chi connectivity index (χ1) is 15.2. The number of benzene rings is 1. The summed E-state index contributed by atoms with van der Waals surface area (Å²) in [5, 5.41) is 5.70. The molecule has 9 heteroatoms. The van der Waals surface area contributed by atoms with E-state index in [-0.39, 0.29) is 24.4 Å². The van der Waals surface area contributed by atoms with E-state index in [4.69, 9.17) is 4.74 Å². The molecular formula is C23H34N4O4S. The molecule has 1 atom stereocenters. The molecule has 2 heterocycles. The minimum atomic E-state index is -0.623. The number of nitrogens with one attached hydrogen (secondary N) is 2. The Kier molecular flexibility index (Phi) is 8.42. The van der Waals surface area contributed by atoms with Gasteiger partial charge in [-0.05, 0) is 39.2 Å². The van der Waals surface area contributed by atoms with Crippen molar-refractivity contribution in [2.75, 3.05) is 31.3 Å². The smallest absolute Gasteiger partial charge is 0.411 e. The molecule has 1 unspecified atom stereocenters. The highest BCUT2D eigenvalue weighted by Crippen LogP contribution is 2.23. The van der Waals surface area contributed by atoms with Gasteiger partial charge in [-0.15, -0.1) is 11.8 Å².